The number of urea groups is 1. The Kier molecular flexibility index (Phi) is 5.59. The van der Waals surface area contributed by atoms with E-state index >= 15 is 0 Å². The van der Waals surface area contributed by atoms with Crippen molar-refractivity contribution in [2.75, 3.05) is 33.2 Å². The molecule has 0 saturated carbocycles. The number of carboxylic acids is 1. The molecule has 0 aromatic heterocycles. The maximum atomic E-state index is 11.8. The van der Waals surface area contributed by atoms with Gasteiger partial charge in [0.15, 0.2) is 0 Å². The molecule has 0 aromatic rings. The van der Waals surface area contributed by atoms with E-state index in [1.54, 1.807) is 11.9 Å². The van der Waals surface area contributed by atoms with Gasteiger partial charge in [-0.15, -0.1) is 0 Å². The van der Waals surface area contributed by atoms with E-state index in [0.717, 1.165) is 0 Å². The summed E-state index contributed by atoms with van der Waals surface area (Å²) in [7, 11) is 1.67. The molecule has 0 aliphatic carbocycles. The van der Waals surface area contributed by atoms with Crippen molar-refractivity contribution in [3.63, 3.8) is 0 Å². The fraction of sp³-hybridized carbons (Fsp3) is 0.750. The van der Waals surface area contributed by atoms with E-state index in [4.69, 9.17) is 5.11 Å². The Hall–Kier alpha value is -1.79. The van der Waals surface area contributed by atoms with E-state index in [9.17, 15) is 14.4 Å². The molecule has 3 amide bonds. The molecule has 1 unspecified atom stereocenters. The second-order valence-corrected chi connectivity index (χ2v) is 4.77. The van der Waals surface area contributed by atoms with Crippen LogP contribution in [0.4, 0.5) is 4.79 Å². The SMILES string of the molecule is CCN(C)C(=O)CNC(=O)N1CCC(CC(=O)O)C1. The minimum absolute atomic E-state index is 0.0114. The molecule has 1 heterocycles. The number of carboxylic acid groups (broad SMARTS) is 1. The first kappa shape index (κ1) is 15.3. The third-order valence-electron chi connectivity index (χ3n) is 3.33. The summed E-state index contributed by atoms with van der Waals surface area (Å²) in [4.78, 5) is 37.0. The number of rotatable bonds is 5. The number of carbonyl (C=O) groups is 3. The van der Waals surface area contributed by atoms with E-state index in [-0.39, 0.29) is 30.8 Å². The van der Waals surface area contributed by atoms with Crippen molar-refractivity contribution < 1.29 is 19.5 Å². The summed E-state index contributed by atoms with van der Waals surface area (Å²) in [5.74, 6) is -0.971. The van der Waals surface area contributed by atoms with Crippen molar-refractivity contribution in [3.8, 4) is 0 Å². The van der Waals surface area contributed by atoms with Crippen molar-refractivity contribution >= 4 is 17.9 Å². The molecule has 0 aromatic carbocycles. The standard InChI is InChI=1S/C12H21N3O4/c1-3-14(2)10(16)7-13-12(19)15-5-4-9(8-15)6-11(17)18/h9H,3-8H2,1-2H3,(H,13,19)(H,17,18). The summed E-state index contributed by atoms with van der Waals surface area (Å²) in [6.07, 6.45) is 0.782. The average molecular weight is 271 g/mol. The Morgan fingerprint density at radius 1 is 1.42 bits per heavy atom. The number of amides is 3. The molecule has 1 aliphatic rings. The maximum absolute atomic E-state index is 11.8. The van der Waals surface area contributed by atoms with Crippen LogP contribution in [0.15, 0.2) is 0 Å². The van der Waals surface area contributed by atoms with Crippen LogP contribution in [-0.4, -0.2) is 66.0 Å². The summed E-state index contributed by atoms with van der Waals surface area (Å²) < 4.78 is 0. The van der Waals surface area contributed by atoms with Crippen LogP contribution in [0.2, 0.25) is 0 Å². The number of nitrogens with zero attached hydrogens (tertiary/aromatic N) is 2. The topological polar surface area (TPSA) is 90.0 Å². The Balaban J connectivity index is 2.31. The van der Waals surface area contributed by atoms with Crippen LogP contribution in [-0.2, 0) is 9.59 Å². The van der Waals surface area contributed by atoms with Gasteiger partial charge < -0.3 is 20.2 Å². The summed E-state index contributed by atoms with van der Waals surface area (Å²) in [6.45, 7) is 3.41. The number of likely N-dealkylation sites (tertiary alicyclic amines) is 1. The minimum Gasteiger partial charge on any atom is -0.481 e. The Morgan fingerprint density at radius 2 is 2.11 bits per heavy atom. The van der Waals surface area contributed by atoms with Crippen molar-refractivity contribution in [2.45, 2.75) is 19.8 Å². The molecule has 1 fully saturated rings. The first-order valence-corrected chi connectivity index (χ1v) is 6.42. The van der Waals surface area contributed by atoms with E-state index < -0.39 is 5.97 Å². The van der Waals surface area contributed by atoms with Crippen LogP contribution in [0.25, 0.3) is 0 Å². The summed E-state index contributed by atoms with van der Waals surface area (Å²) in [5.41, 5.74) is 0. The highest BCUT2D eigenvalue weighted by Crippen LogP contribution is 2.19. The zero-order valence-electron chi connectivity index (χ0n) is 11.4. The normalized spacial score (nSPS) is 18.2. The lowest BCUT2D eigenvalue weighted by molar-refractivity contribution is -0.138. The minimum atomic E-state index is -0.841. The average Bonchev–Trinajstić information content (AvgIpc) is 2.82. The number of nitrogens with one attached hydrogen (secondary N) is 1. The monoisotopic (exact) mass is 271 g/mol. The number of hydrogen-bond donors (Lipinski definition) is 2. The van der Waals surface area contributed by atoms with Crippen LogP contribution in [0.3, 0.4) is 0 Å². The highest BCUT2D eigenvalue weighted by molar-refractivity contribution is 5.84. The highest BCUT2D eigenvalue weighted by atomic mass is 16.4. The van der Waals surface area contributed by atoms with Gasteiger partial charge >= 0.3 is 12.0 Å². The summed E-state index contributed by atoms with van der Waals surface area (Å²) in [5, 5.41) is 11.3. The molecule has 7 nitrogen and oxygen atoms in total. The van der Waals surface area contributed by atoms with Gasteiger partial charge in [-0.1, -0.05) is 0 Å². The number of hydrogen-bond acceptors (Lipinski definition) is 3. The second-order valence-electron chi connectivity index (χ2n) is 4.77. The third kappa shape index (κ3) is 4.76. The molecule has 0 radical (unpaired) electrons. The van der Waals surface area contributed by atoms with Gasteiger partial charge in [-0.2, -0.15) is 0 Å². The lowest BCUT2D eigenvalue weighted by Gasteiger charge is -2.19. The first-order chi connectivity index (χ1) is 8.93. The molecule has 0 bridgehead atoms. The highest BCUT2D eigenvalue weighted by Gasteiger charge is 2.27. The van der Waals surface area contributed by atoms with Gasteiger partial charge in [0, 0.05) is 33.1 Å². The van der Waals surface area contributed by atoms with Crippen molar-refractivity contribution in [1.82, 2.24) is 15.1 Å². The lowest BCUT2D eigenvalue weighted by Crippen LogP contribution is -2.44. The number of likely N-dealkylation sites (N-methyl/N-ethyl adjacent to an activating group) is 1. The van der Waals surface area contributed by atoms with Gasteiger partial charge in [-0.05, 0) is 19.3 Å². The predicted octanol–water partition coefficient (Wildman–Crippen LogP) is -0.0291. The van der Waals surface area contributed by atoms with E-state index in [0.29, 0.717) is 26.1 Å². The molecule has 1 rings (SSSR count). The lowest BCUT2D eigenvalue weighted by atomic mass is 10.1. The third-order valence-corrected chi connectivity index (χ3v) is 3.33. The fourth-order valence-corrected chi connectivity index (χ4v) is 2.01. The van der Waals surface area contributed by atoms with Gasteiger partial charge in [0.1, 0.15) is 0 Å². The van der Waals surface area contributed by atoms with Gasteiger partial charge in [0.2, 0.25) is 5.91 Å². The molecule has 1 aliphatic heterocycles. The molecule has 108 valence electrons. The molecule has 1 atom stereocenters. The number of aliphatic carboxylic acids is 1. The van der Waals surface area contributed by atoms with Crippen LogP contribution in [0.1, 0.15) is 19.8 Å². The maximum Gasteiger partial charge on any atom is 0.317 e. The van der Waals surface area contributed by atoms with Gasteiger partial charge in [-0.25, -0.2) is 4.79 Å². The fourth-order valence-electron chi connectivity index (χ4n) is 2.01. The van der Waals surface area contributed by atoms with Gasteiger partial charge in [0.25, 0.3) is 0 Å². The van der Waals surface area contributed by atoms with Crippen molar-refractivity contribution in [3.05, 3.63) is 0 Å². The van der Waals surface area contributed by atoms with Crippen LogP contribution in [0, 0.1) is 5.92 Å². The zero-order chi connectivity index (χ0) is 14.4. The molecule has 19 heavy (non-hydrogen) atoms. The van der Waals surface area contributed by atoms with Crippen molar-refractivity contribution in [1.29, 1.82) is 0 Å². The first-order valence-electron chi connectivity index (χ1n) is 6.42. The molecular formula is C12H21N3O4. The van der Waals surface area contributed by atoms with E-state index in [2.05, 4.69) is 5.32 Å². The van der Waals surface area contributed by atoms with E-state index in [1.807, 2.05) is 6.92 Å². The summed E-state index contributed by atoms with van der Waals surface area (Å²) >= 11 is 0. The molecule has 7 heteroatoms. The molecule has 2 N–H and O–H groups in total. The van der Waals surface area contributed by atoms with Crippen LogP contribution < -0.4 is 5.32 Å². The number of carbonyl (C=O) groups excluding carboxylic acids is 2. The van der Waals surface area contributed by atoms with Crippen LogP contribution in [0.5, 0.6) is 0 Å². The van der Waals surface area contributed by atoms with Crippen LogP contribution >= 0.6 is 0 Å². The molecule has 0 spiro atoms. The van der Waals surface area contributed by atoms with E-state index in [1.165, 1.54) is 4.90 Å². The zero-order valence-corrected chi connectivity index (χ0v) is 11.4. The Labute approximate surface area is 112 Å². The van der Waals surface area contributed by atoms with Gasteiger partial charge in [-0.3, -0.25) is 9.59 Å². The molecule has 1 saturated heterocycles. The smallest absolute Gasteiger partial charge is 0.317 e. The summed E-state index contributed by atoms with van der Waals surface area (Å²) in [6, 6.07) is -0.300. The molecular weight excluding hydrogens is 250 g/mol. The largest absolute Gasteiger partial charge is 0.481 e. The predicted molar refractivity (Wildman–Crippen MR) is 68.6 cm³/mol. The van der Waals surface area contributed by atoms with Gasteiger partial charge in [0.05, 0.1) is 6.54 Å². The Bertz CT molecular complexity index is 359. The second kappa shape index (κ2) is 6.96. The van der Waals surface area contributed by atoms with Crippen molar-refractivity contribution in [2.24, 2.45) is 5.92 Å². The Morgan fingerprint density at radius 3 is 2.68 bits per heavy atom. The quantitative estimate of drug-likeness (QED) is 0.735.